The van der Waals surface area contributed by atoms with Gasteiger partial charge in [-0.2, -0.15) is 0 Å². The van der Waals surface area contributed by atoms with E-state index in [0.717, 1.165) is 12.8 Å². The summed E-state index contributed by atoms with van der Waals surface area (Å²) in [6.07, 6.45) is 10.0. The van der Waals surface area contributed by atoms with E-state index in [1.165, 1.54) is 38.5 Å². The first-order valence-electron chi connectivity index (χ1n) is 7.04. The summed E-state index contributed by atoms with van der Waals surface area (Å²) in [4.78, 5) is 0. The molecule has 1 atom stereocenters. The van der Waals surface area contributed by atoms with E-state index in [1.54, 1.807) is 0 Å². The zero-order valence-electron chi connectivity index (χ0n) is 11.4. The van der Waals surface area contributed by atoms with E-state index < -0.39 is 0 Å². The van der Waals surface area contributed by atoms with E-state index in [0.29, 0.717) is 18.1 Å². The second kappa shape index (κ2) is 12.3. The predicted octanol–water partition coefficient (Wildman–Crippen LogP) is 4.24. The number of hydrogen-bond acceptors (Lipinski definition) is 3. The highest BCUT2D eigenvalue weighted by Crippen LogP contribution is 2.11. The van der Waals surface area contributed by atoms with Crippen LogP contribution in [0.3, 0.4) is 0 Å². The minimum atomic E-state index is -0.315. The van der Waals surface area contributed by atoms with E-state index in [4.69, 9.17) is 17.0 Å². The van der Waals surface area contributed by atoms with Crippen molar-refractivity contribution >= 4 is 17.3 Å². The lowest BCUT2D eigenvalue weighted by molar-refractivity contribution is 0.159. The van der Waals surface area contributed by atoms with Crippen LogP contribution in [0, 0.1) is 0 Å². The fourth-order valence-electron chi connectivity index (χ4n) is 1.85. The van der Waals surface area contributed by atoms with Crippen LogP contribution < -0.4 is 0 Å². The standard InChI is InChI=1S/C14H28O2S/c1-3-5-6-7-8-9-10-11-13(15)12-14(17)16-4-2/h13,15H,3-12H2,1-2H3. The van der Waals surface area contributed by atoms with Crippen LogP contribution in [0.25, 0.3) is 0 Å². The molecule has 0 fully saturated rings. The Morgan fingerprint density at radius 1 is 1.06 bits per heavy atom. The maximum Gasteiger partial charge on any atom is 0.162 e. The molecule has 0 saturated carbocycles. The van der Waals surface area contributed by atoms with Crippen LogP contribution in [0.15, 0.2) is 0 Å². The number of thiocarbonyl (C=S) groups is 1. The number of aliphatic hydroxyl groups is 1. The fraction of sp³-hybridized carbons (Fsp3) is 0.929. The Bertz CT molecular complexity index is 183. The van der Waals surface area contributed by atoms with Crippen molar-refractivity contribution in [3.05, 3.63) is 0 Å². The maximum absolute atomic E-state index is 9.72. The molecular formula is C14H28O2S. The zero-order valence-corrected chi connectivity index (χ0v) is 12.2. The number of ether oxygens (including phenoxy) is 1. The average Bonchev–Trinajstić information content (AvgIpc) is 2.28. The maximum atomic E-state index is 9.72. The molecule has 0 spiro atoms. The molecule has 0 aromatic rings. The van der Waals surface area contributed by atoms with Gasteiger partial charge in [0.1, 0.15) is 0 Å². The van der Waals surface area contributed by atoms with Crippen molar-refractivity contribution in [3.8, 4) is 0 Å². The summed E-state index contributed by atoms with van der Waals surface area (Å²) in [6.45, 7) is 4.75. The highest BCUT2D eigenvalue weighted by molar-refractivity contribution is 7.80. The van der Waals surface area contributed by atoms with Gasteiger partial charge < -0.3 is 9.84 Å². The van der Waals surface area contributed by atoms with Gasteiger partial charge in [-0.15, -0.1) is 0 Å². The van der Waals surface area contributed by atoms with Crippen LogP contribution in [0.4, 0.5) is 0 Å². The Morgan fingerprint density at radius 2 is 1.65 bits per heavy atom. The largest absolute Gasteiger partial charge is 0.487 e. The first-order chi connectivity index (χ1) is 8.20. The third-order valence-electron chi connectivity index (χ3n) is 2.85. The molecule has 0 rings (SSSR count). The third-order valence-corrected chi connectivity index (χ3v) is 3.13. The molecule has 0 bridgehead atoms. The van der Waals surface area contributed by atoms with Crippen LogP contribution >= 0.6 is 12.2 Å². The van der Waals surface area contributed by atoms with Crippen LogP contribution in [0.5, 0.6) is 0 Å². The topological polar surface area (TPSA) is 29.5 Å². The Balaban J connectivity index is 3.27. The summed E-state index contributed by atoms with van der Waals surface area (Å²) in [5, 5.41) is 10.3. The Kier molecular flexibility index (Phi) is 12.2. The van der Waals surface area contributed by atoms with Crippen molar-refractivity contribution in [2.45, 2.75) is 77.7 Å². The second-order valence-corrected chi connectivity index (χ2v) is 5.03. The van der Waals surface area contributed by atoms with Crippen molar-refractivity contribution < 1.29 is 9.84 Å². The van der Waals surface area contributed by atoms with Crippen LogP contribution in [-0.2, 0) is 4.74 Å². The average molecular weight is 260 g/mol. The van der Waals surface area contributed by atoms with Gasteiger partial charge in [0.25, 0.3) is 0 Å². The Labute approximate surface area is 112 Å². The first-order valence-corrected chi connectivity index (χ1v) is 7.45. The molecule has 0 aromatic carbocycles. The molecule has 0 saturated heterocycles. The van der Waals surface area contributed by atoms with E-state index in [2.05, 4.69) is 6.92 Å². The van der Waals surface area contributed by atoms with Gasteiger partial charge in [-0.25, -0.2) is 0 Å². The second-order valence-electron chi connectivity index (χ2n) is 4.57. The van der Waals surface area contributed by atoms with Crippen molar-refractivity contribution in [1.82, 2.24) is 0 Å². The lowest BCUT2D eigenvalue weighted by Gasteiger charge is -2.11. The van der Waals surface area contributed by atoms with E-state index in [1.807, 2.05) is 6.92 Å². The molecule has 3 heteroatoms. The lowest BCUT2D eigenvalue weighted by atomic mass is 10.1. The first kappa shape index (κ1) is 16.9. The highest BCUT2D eigenvalue weighted by atomic mass is 32.1. The third kappa shape index (κ3) is 12.1. The molecule has 0 radical (unpaired) electrons. The monoisotopic (exact) mass is 260 g/mol. The quantitative estimate of drug-likeness (QED) is 0.445. The predicted molar refractivity (Wildman–Crippen MR) is 77.5 cm³/mol. The molecule has 1 N–H and O–H groups in total. The lowest BCUT2D eigenvalue weighted by Crippen LogP contribution is -2.14. The summed E-state index contributed by atoms with van der Waals surface area (Å²) >= 11 is 5.00. The van der Waals surface area contributed by atoms with Crippen molar-refractivity contribution in [2.24, 2.45) is 0 Å². The van der Waals surface area contributed by atoms with Crippen molar-refractivity contribution in [2.75, 3.05) is 6.61 Å². The van der Waals surface area contributed by atoms with Gasteiger partial charge in [0.05, 0.1) is 12.7 Å². The van der Waals surface area contributed by atoms with Crippen LogP contribution in [0.1, 0.15) is 71.6 Å². The van der Waals surface area contributed by atoms with Gasteiger partial charge in [0.2, 0.25) is 0 Å². The summed E-state index contributed by atoms with van der Waals surface area (Å²) < 4.78 is 5.16. The number of rotatable bonds is 11. The van der Waals surface area contributed by atoms with Crippen LogP contribution in [-0.4, -0.2) is 22.9 Å². The van der Waals surface area contributed by atoms with E-state index in [-0.39, 0.29) is 6.10 Å². The molecule has 0 aliphatic rings. The minimum Gasteiger partial charge on any atom is -0.487 e. The smallest absolute Gasteiger partial charge is 0.162 e. The molecule has 2 nitrogen and oxygen atoms in total. The summed E-state index contributed by atoms with van der Waals surface area (Å²) in [5.74, 6) is 0. The molecular weight excluding hydrogens is 232 g/mol. The summed E-state index contributed by atoms with van der Waals surface area (Å²) in [5.41, 5.74) is 0. The summed E-state index contributed by atoms with van der Waals surface area (Å²) in [7, 11) is 0. The van der Waals surface area contributed by atoms with Gasteiger partial charge in [-0.3, -0.25) is 0 Å². The molecule has 0 aliphatic heterocycles. The molecule has 0 amide bonds. The van der Waals surface area contributed by atoms with Gasteiger partial charge in [0, 0.05) is 6.42 Å². The highest BCUT2D eigenvalue weighted by Gasteiger charge is 2.07. The van der Waals surface area contributed by atoms with E-state index >= 15 is 0 Å². The molecule has 0 aromatic heterocycles. The fourth-order valence-corrected chi connectivity index (χ4v) is 2.16. The molecule has 0 heterocycles. The van der Waals surface area contributed by atoms with Gasteiger partial charge in [-0.05, 0) is 25.6 Å². The molecule has 1 unspecified atom stereocenters. The summed E-state index contributed by atoms with van der Waals surface area (Å²) in [6, 6.07) is 0. The Morgan fingerprint density at radius 3 is 2.24 bits per heavy atom. The van der Waals surface area contributed by atoms with Crippen LogP contribution in [0.2, 0.25) is 0 Å². The van der Waals surface area contributed by atoms with Crippen molar-refractivity contribution in [3.63, 3.8) is 0 Å². The minimum absolute atomic E-state index is 0.315. The number of hydrogen-bond donors (Lipinski definition) is 1. The SMILES string of the molecule is CCCCCCCCCC(O)CC(=S)OCC. The molecule has 102 valence electrons. The van der Waals surface area contributed by atoms with Gasteiger partial charge >= 0.3 is 0 Å². The Hall–Kier alpha value is -0.150. The number of unbranched alkanes of at least 4 members (excludes halogenated alkanes) is 6. The number of aliphatic hydroxyl groups excluding tert-OH is 1. The van der Waals surface area contributed by atoms with Gasteiger partial charge in [-0.1, -0.05) is 51.9 Å². The van der Waals surface area contributed by atoms with Crippen molar-refractivity contribution in [1.29, 1.82) is 0 Å². The molecule has 17 heavy (non-hydrogen) atoms. The zero-order chi connectivity index (χ0) is 12.9. The molecule has 0 aliphatic carbocycles. The normalized spacial score (nSPS) is 12.4. The van der Waals surface area contributed by atoms with E-state index in [9.17, 15) is 5.11 Å². The van der Waals surface area contributed by atoms with Gasteiger partial charge in [0.15, 0.2) is 5.05 Å².